The fourth-order valence-corrected chi connectivity index (χ4v) is 3.90. The summed E-state index contributed by atoms with van der Waals surface area (Å²) >= 11 is 3.67. The van der Waals surface area contributed by atoms with Gasteiger partial charge in [0.2, 0.25) is 0 Å². The molecule has 2 rings (SSSR count). The number of thiazole rings is 1. The van der Waals surface area contributed by atoms with Crippen LogP contribution in [0.15, 0.2) is 29.2 Å². The number of benzene rings is 1. The predicted molar refractivity (Wildman–Crippen MR) is 94.3 cm³/mol. The molecule has 0 fully saturated rings. The van der Waals surface area contributed by atoms with Gasteiger partial charge in [0.05, 0.1) is 11.4 Å². The highest BCUT2D eigenvalue weighted by Gasteiger charge is 2.06. The average molecular weight is 321 g/mol. The third-order valence-electron chi connectivity index (χ3n) is 3.52. The van der Waals surface area contributed by atoms with Crippen LogP contribution in [0.2, 0.25) is 0 Å². The molecule has 1 heterocycles. The van der Waals surface area contributed by atoms with Crippen LogP contribution < -0.4 is 5.32 Å². The molecule has 0 saturated heterocycles. The van der Waals surface area contributed by atoms with Gasteiger partial charge in [-0.15, -0.1) is 23.1 Å². The molecule has 0 aliphatic rings. The second-order valence-electron chi connectivity index (χ2n) is 5.28. The van der Waals surface area contributed by atoms with Crippen LogP contribution in [0.1, 0.15) is 47.5 Å². The maximum Gasteiger partial charge on any atom is 0.103 e. The minimum atomic E-state index is 0.424. The molecule has 0 saturated carbocycles. The summed E-state index contributed by atoms with van der Waals surface area (Å²) in [5.41, 5.74) is 2.52. The normalized spacial score (nSPS) is 12.6. The van der Waals surface area contributed by atoms with E-state index in [0.29, 0.717) is 6.04 Å². The third-order valence-corrected chi connectivity index (χ3v) is 5.79. The maximum absolute atomic E-state index is 4.59. The minimum absolute atomic E-state index is 0.424. The van der Waals surface area contributed by atoms with Crippen LogP contribution in [-0.2, 0) is 5.75 Å². The van der Waals surface area contributed by atoms with Gasteiger partial charge in [-0.25, -0.2) is 4.98 Å². The Bertz CT molecular complexity index is 541. The quantitative estimate of drug-likeness (QED) is 0.717. The van der Waals surface area contributed by atoms with Gasteiger partial charge < -0.3 is 5.32 Å². The first-order valence-corrected chi connectivity index (χ1v) is 9.29. The Hall–Kier alpha value is -0.840. The van der Waals surface area contributed by atoms with E-state index in [1.807, 2.05) is 23.1 Å². The molecule has 0 bridgehead atoms. The number of aryl methyl sites for hydroxylation is 2. The number of thioether (sulfide) groups is 1. The zero-order chi connectivity index (χ0) is 15.2. The summed E-state index contributed by atoms with van der Waals surface area (Å²) < 4.78 is 0. The number of hydrogen-bond acceptors (Lipinski definition) is 4. The summed E-state index contributed by atoms with van der Waals surface area (Å²) in [7, 11) is 0. The smallest absolute Gasteiger partial charge is 0.103 e. The lowest BCUT2D eigenvalue weighted by molar-refractivity contribution is 0.570. The number of rotatable bonds is 7. The molecule has 0 amide bonds. The molecule has 2 nitrogen and oxygen atoms in total. The number of hydrogen-bond donors (Lipinski definition) is 1. The van der Waals surface area contributed by atoms with E-state index < -0.39 is 0 Å². The lowest BCUT2D eigenvalue weighted by Crippen LogP contribution is -2.19. The van der Waals surface area contributed by atoms with Crippen molar-refractivity contribution in [2.45, 2.75) is 50.8 Å². The standard InChI is InChI=1S/C17H24N2S2/c1-5-10-18-13(3)15-6-8-16(9-7-15)20-11-17-19-12(2)14(4)21-17/h6-9,13,18H,5,10-11H2,1-4H3. The van der Waals surface area contributed by atoms with Gasteiger partial charge in [0.25, 0.3) is 0 Å². The van der Waals surface area contributed by atoms with E-state index in [4.69, 9.17) is 0 Å². The molecule has 2 aromatic rings. The Morgan fingerprint density at radius 2 is 1.95 bits per heavy atom. The highest BCUT2D eigenvalue weighted by Crippen LogP contribution is 2.27. The predicted octanol–water partition coefficient (Wildman–Crippen LogP) is 5.11. The topological polar surface area (TPSA) is 24.9 Å². The van der Waals surface area contributed by atoms with Crippen molar-refractivity contribution in [1.82, 2.24) is 10.3 Å². The third kappa shape index (κ3) is 4.83. The highest BCUT2D eigenvalue weighted by atomic mass is 32.2. The van der Waals surface area contributed by atoms with Crippen molar-refractivity contribution in [2.24, 2.45) is 0 Å². The summed E-state index contributed by atoms with van der Waals surface area (Å²) in [4.78, 5) is 7.23. The van der Waals surface area contributed by atoms with Crippen LogP contribution in [0.4, 0.5) is 0 Å². The van der Waals surface area contributed by atoms with Crippen molar-refractivity contribution in [2.75, 3.05) is 6.54 Å². The second kappa shape index (κ2) is 7.97. The molecule has 1 N–H and O–H groups in total. The van der Waals surface area contributed by atoms with Crippen molar-refractivity contribution >= 4 is 23.1 Å². The number of nitrogens with one attached hydrogen (secondary N) is 1. The summed E-state index contributed by atoms with van der Waals surface area (Å²) in [6.45, 7) is 9.71. The van der Waals surface area contributed by atoms with E-state index in [9.17, 15) is 0 Å². The van der Waals surface area contributed by atoms with Crippen LogP contribution in [0.3, 0.4) is 0 Å². The lowest BCUT2D eigenvalue weighted by atomic mass is 10.1. The second-order valence-corrected chi connectivity index (χ2v) is 7.62. The molecule has 0 aliphatic carbocycles. The first-order valence-electron chi connectivity index (χ1n) is 7.49. The van der Waals surface area contributed by atoms with Crippen LogP contribution in [0.25, 0.3) is 0 Å². The Balaban J connectivity index is 1.90. The highest BCUT2D eigenvalue weighted by molar-refractivity contribution is 7.98. The monoisotopic (exact) mass is 320 g/mol. The molecular formula is C17H24N2S2. The van der Waals surface area contributed by atoms with E-state index in [2.05, 4.69) is 62.3 Å². The zero-order valence-electron chi connectivity index (χ0n) is 13.3. The van der Waals surface area contributed by atoms with Gasteiger partial charge in [-0.05, 0) is 51.4 Å². The van der Waals surface area contributed by atoms with E-state index in [1.165, 1.54) is 32.5 Å². The summed E-state index contributed by atoms with van der Waals surface area (Å²) in [6.07, 6.45) is 1.17. The largest absolute Gasteiger partial charge is 0.310 e. The van der Waals surface area contributed by atoms with E-state index in [0.717, 1.165) is 12.3 Å². The van der Waals surface area contributed by atoms with E-state index in [1.54, 1.807) is 0 Å². The van der Waals surface area contributed by atoms with Gasteiger partial charge >= 0.3 is 0 Å². The van der Waals surface area contributed by atoms with Gasteiger partial charge in [-0.3, -0.25) is 0 Å². The SMILES string of the molecule is CCCNC(C)c1ccc(SCc2nc(C)c(C)s2)cc1. The van der Waals surface area contributed by atoms with E-state index >= 15 is 0 Å². The molecule has 114 valence electrons. The fourth-order valence-electron chi connectivity index (χ4n) is 2.08. The zero-order valence-corrected chi connectivity index (χ0v) is 14.9. The Morgan fingerprint density at radius 1 is 1.24 bits per heavy atom. The number of aromatic nitrogens is 1. The van der Waals surface area contributed by atoms with Gasteiger partial charge in [-0.1, -0.05) is 19.1 Å². The molecular weight excluding hydrogens is 296 g/mol. The van der Waals surface area contributed by atoms with Gasteiger partial charge in [0.15, 0.2) is 0 Å². The molecule has 21 heavy (non-hydrogen) atoms. The summed E-state index contributed by atoms with van der Waals surface area (Å²) in [6, 6.07) is 9.32. The molecule has 0 radical (unpaired) electrons. The van der Waals surface area contributed by atoms with E-state index in [-0.39, 0.29) is 0 Å². The molecule has 1 unspecified atom stereocenters. The Morgan fingerprint density at radius 3 is 2.52 bits per heavy atom. The average Bonchev–Trinajstić information content (AvgIpc) is 2.82. The Kier molecular flexibility index (Phi) is 6.27. The molecule has 1 aromatic heterocycles. The molecule has 1 atom stereocenters. The minimum Gasteiger partial charge on any atom is -0.310 e. The van der Waals surface area contributed by atoms with Crippen molar-refractivity contribution in [3.05, 3.63) is 45.4 Å². The molecule has 4 heteroatoms. The van der Waals surface area contributed by atoms with Crippen LogP contribution in [0, 0.1) is 13.8 Å². The Labute approximate surface area is 136 Å². The van der Waals surface area contributed by atoms with Crippen LogP contribution in [-0.4, -0.2) is 11.5 Å². The van der Waals surface area contributed by atoms with Crippen molar-refractivity contribution in [1.29, 1.82) is 0 Å². The van der Waals surface area contributed by atoms with Crippen molar-refractivity contribution in [3.8, 4) is 0 Å². The summed E-state index contributed by atoms with van der Waals surface area (Å²) in [5, 5.41) is 4.74. The maximum atomic E-state index is 4.59. The first kappa shape index (κ1) is 16.5. The molecule has 0 spiro atoms. The van der Waals surface area contributed by atoms with Crippen LogP contribution in [0.5, 0.6) is 0 Å². The van der Waals surface area contributed by atoms with Crippen molar-refractivity contribution in [3.63, 3.8) is 0 Å². The number of nitrogens with zero attached hydrogens (tertiary/aromatic N) is 1. The molecule has 1 aromatic carbocycles. The van der Waals surface area contributed by atoms with Gasteiger partial charge in [0, 0.05) is 15.8 Å². The lowest BCUT2D eigenvalue weighted by Gasteiger charge is -2.13. The van der Waals surface area contributed by atoms with Crippen molar-refractivity contribution < 1.29 is 0 Å². The summed E-state index contributed by atoms with van der Waals surface area (Å²) in [5.74, 6) is 0.961. The van der Waals surface area contributed by atoms with Crippen LogP contribution >= 0.6 is 23.1 Å². The molecule has 0 aliphatic heterocycles. The fraction of sp³-hybridized carbons (Fsp3) is 0.471. The van der Waals surface area contributed by atoms with Gasteiger partial charge in [-0.2, -0.15) is 0 Å². The van der Waals surface area contributed by atoms with Gasteiger partial charge in [0.1, 0.15) is 5.01 Å². The first-order chi connectivity index (χ1) is 10.1.